The number of methoxy groups -OCH3 is 1. The zero-order valence-corrected chi connectivity index (χ0v) is 11.6. The monoisotopic (exact) mass is 300 g/mol. The fourth-order valence-corrected chi connectivity index (χ4v) is 2.88. The molecule has 2 aromatic rings. The van der Waals surface area contributed by atoms with Gasteiger partial charge < -0.3 is 4.74 Å². The summed E-state index contributed by atoms with van der Waals surface area (Å²) in [5, 5.41) is 0. The molecule has 0 fully saturated rings. The summed E-state index contributed by atoms with van der Waals surface area (Å²) in [6, 6.07) is 6.55. The van der Waals surface area contributed by atoms with E-state index in [1.54, 1.807) is 13.0 Å². The SMILES string of the molecule is COC(=O)c1cc(C)c(-c2ccc(C(F)(F)F)cc2)s1. The lowest BCUT2D eigenvalue weighted by atomic mass is 10.1. The third kappa shape index (κ3) is 2.85. The number of rotatable bonds is 2. The van der Waals surface area contributed by atoms with Crippen molar-refractivity contribution in [2.45, 2.75) is 13.1 Å². The number of alkyl halides is 3. The highest BCUT2D eigenvalue weighted by atomic mass is 32.1. The Kier molecular flexibility index (Phi) is 3.85. The van der Waals surface area contributed by atoms with Crippen LogP contribution in [0.5, 0.6) is 0 Å². The van der Waals surface area contributed by atoms with Crippen molar-refractivity contribution < 1.29 is 22.7 Å². The molecule has 0 N–H and O–H groups in total. The lowest BCUT2D eigenvalue weighted by Crippen LogP contribution is -2.03. The predicted octanol–water partition coefficient (Wildman–Crippen LogP) is 4.53. The lowest BCUT2D eigenvalue weighted by molar-refractivity contribution is -0.137. The number of benzene rings is 1. The van der Waals surface area contributed by atoms with Crippen LogP contribution in [0.1, 0.15) is 20.8 Å². The zero-order valence-electron chi connectivity index (χ0n) is 10.7. The molecule has 0 bridgehead atoms. The number of ether oxygens (including phenoxy) is 1. The molecule has 0 aliphatic heterocycles. The van der Waals surface area contributed by atoms with Gasteiger partial charge in [0.1, 0.15) is 4.88 Å². The highest BCUT2D eigenvalue weighted by molar-refractivity contribution is 7.17. The molecule has 6 heteroatoms. The van der Waals surface area contributed by atoms with Crippen LogP contribution in [0.25, 0.3) is 10.4 Å². The van der Waals surface area contributed by atoms with Gasteiger partial charge in [-0.3, -0.25) is 0 Å². The van der Waals surface area contributed by atoms with Crippen LogP contribution in [0.3, 0.4) is 0 Å². The van der Waals surface area contributed by atoms with Crippen LogP contribution in [0, 0.1) is 6.92 Å². The van der Waals surface area contributed by atoms with Crippen molar-refractivity contribution in [1.29, 1.82) is 0 Å². The van der Waals surface area contributed by atoms with Gasteiger partial charge in [-0.25, -0.2) is 4.79 Å². The van der Waals surface area contributed by atoms with Gasteiger partial charge in [0.15, 0.2) is 0 Å². The third-order valence-electron chi connectivity index (χ3n) is 2.78. The highest BCUT2D eigenvalue weighted by Crippen LogP contribution is 2.35. The third-order valence-corrected chi connectivity index (χ3v) is 4.05. The van der Waals surface area contributed by atoms with Crippen LogP contribution in [0.4, 0.5) is 13.2 Å². The van der Waals surface area contributed by atoms with E-state index in [1.807, 2.05) is 0 Å². The topological polar surface area (TPSA) is 26.3 Å². The van der Waals surface area contributed by atoms with Crippen molar-refractivity contribution in [1.82, 2.24) is 0 Å². The first kappa shape index (κ1) is 14.6. The molecule has 0 unspecified atom stereocenters. The molecule has 2 rings (SSSR count). The normalized spacial score (nSPS) is 11.4. The summed E-state index contributed by atoms with van der Waals surface area (Å²) < 4.78 is 42.1. The molecule has 0 aliphatic rings. The molecule has 0 aliphatic carbocycles. The minimum atomic E-state index is -4.35. The maximum atomic E-state index is 12.5. The van der Waals surface area contributed by atoms with Crippen LogP contribution in [0.15, 0.2) is 30.3 Å². The second-order valence-electron chi connectivity index (χ2n) is 4.19. The number of thiophene rings is 1. The van der Waals surface area contributed by atoms with Crippen molar-refractivity contribution in [3.8, 4) is 10.4 Å². The first-order chi connectivity index (χ1) is 9.32. The standard InChI is InChI=1S/C14H11F3O2S/c1-8-7-11(13(18)19-2)20-12(8)9-3-5-10(6-4-9)14(15,16)17/h3-7H,1-2H3. The number of carbonyl (C=O) groups excluding carboxylic acids is 1. The highest BCUT2D eigenvalue weighted by Gasteiger charge is 2.30. The average molecular weight is 300 g/mol. The molecular formula is C14H11F3O2S. The van der Waals surface area contributed by atoms with Crippen LogP contribution in [0.2, 0.25) is 0 Å². The number of hydrogen-bond acceptors (Lipinski definition) is 3. The summed E-state index contributed by atoms with van der Waals surface area (Å²) in [6.45, 7) is 1.80. The van der Waals surface area contributed by atoms with Crippen molar-refractivity contribution in [2.75, 3.05) is 7.11 Å². The summed E-state index contributed by atoms with van der Waals surface area (Å²) in [5.74, 6) is -0.448. The van der Waals surface area contributed by atoms with E-state index in [0.29, 0.717) is 10.4 Å². The van der Waals surface area contributed by atoms with E-state index in [9.17, 15) is 18.0 Å². The quantitative estimate of drug-likeness (QED) is 0.762. The molecule has 1 aromatic heterocycles. The minimum absolute atomic E-state index is 0.430. The van der Waals surface area contributed by atoms with E-state index in [0.717, 1.165) is 22.6 Å². The number of esters is 1. The summed E-state index contributed by atoms with van der Waals surface area (Å²) in [5.41, 5.74) is 0.787. The minimum Gasteiger partial charge on any atom is -0.465 e. The molecule has 20 heavy (non-hydrogen) atoms. The number of halogens is 3. The smallest absolute Gasteiger partial charge is 0.416 e. The molecule has 0 saturated carbocycles. The molecule has 0 saturated heterocycles. The number of hydrogen-bond donors (Lipinski definition) is 0. The zero-order chi connectivity index (χ0) is 14.9. The van der Waals surface area contributed by atoms with Crippen LogP contribution < -0.4 is 0 Å². The van der Waals surface area contributed by atoms with E-state index in [-0.39, 0.29) is 0 Å². The molecule has 0 atom stereocenters. The van der Waals surface area contributed by atoms with Crippen molar-refractivity contribution in [3.63, 3.8) is 0 Å². The fourth-order valence-electron chi connectivity index (χ4n) is 1.78. The molecule has 1 heterocycles. The summed E-state index contributed by atoms with van der Waals surface area (Å²) in [7, 11) is 1.29. The lowest BCUT2D eigenvalue weighted by Gasteiger charge is -2.07. The van der Waals surface area contributed by atoms with Gasteiger partial charge >= 0.3 is 12.1 Å². The van der Waals surface area contributed by atoms with Gasteiger partial charge in [-0.1, -0.05) is 12.1 Å². The molecular weight excluding hydrogens is 289 g/mol. The molecule has 2 nitrogen and oxygen atoms in total. The van der Waals surface area contributed by atoms with Crippen LogP contribution in [-0.4, -0.2) is 13.1 Å². The van der Waals surface area contributed by atoms with Crippen molar-refractivity contribution in [3.05, 3.63) is 46.3 Å². The second kappa shape index (κ2) is 5.28. The Hall–Kier alpha value is -1.82. The van der Waals surface area contributed by atoms with Gasteiger partial charge in [-0.2, -0.15) is 13.2 Å². The maximum absolute atomic E-state index is 12.5. The van der Waals surface area contributed by atoms with Gasteiger partial charge in [0.05, 0.1) is 12.7 Å². The Balaban J connectivity index is 2.37. The summed E-state index contributed by atoms with van der Waals surface area (Å²) in [6.07, 6.45) is -4.35. The number of carbonyl (C=O) groups is 1. The molecule has 0 spiro atoms. The van der Waals surface area contributed by atoms with E-state index < -0.39 is 17.7 Å². The largest absolute Gasteiger partial charge is 0.465 e. The van der Waals surface area contributed by atoms with Crippen molar-refractivity contribution in [2.24, 2.45) is 0 Å². The Labute approximate surface area is 117 Å². The van der Waals surface area contributed by atoms with Crippen LogP contribution >= 0.6 is 11.3 Å². The van der Waals surface area contributed by atoms with Gasteiger partial charge in [0.25, 0.3) is 0 Å². The predicted molar refractivity (Wildman–Crippen MR) is 70.8 cm³/mol. The van der Waals surface area contributed by atoms with Crippen LogP contribution in [-0.2, 0) is 10.9 Å². The second-order valence-corrected chi connectivity index (χ2v) is 5.24. The molecule has 0 radical (unpaired) electrons. The van der Waals surface area contributed by atoms with E-state index in [1.165, 1.54) is 30.6 Å². The van der Waals surface area contributed by atoms with Gasteiger partial charge in [-0.05, 0) is 36.2 Å². The molecule has 0 amide bonds. The van der Waals surface area contributed by atoms with Gasteiger partial charge in [-0.15, -0.1) is 11.3 Å². The maximum Gasteiger partial charge on any atom is 0.416 e. The Bertz CT molecular complexity index is 627. The number of aryl methyl sites for hydroxylation is 1. The summed E-state index contributed by atoms with van der Waals surface area (Å²) in [4.78, 5) is 12.6. The van der Waals surface area contributed by atoms with Crippen molar-refractivity contribution >= 4 is 17.3 Å². The van der Waals surface area contributed by atoms with E-state index in [2.05, 4.69) is 4.74 Å². The van der Waals surface area contributed by atoms with E-state index in [4.69, 9.17) is 0 Å². The average Bonchev–Trinajstić information content (AvgIpc) is 2.79. The van der Waals surface area contributed by atoms with Gasteiger partial charge in [0, 0.05) is 4.88 Å². The Morgan fingerprint density at radius 3 is 2.30 bits per heavy atom. The fraction of sp³-hybridized carbons (Fsp3) is 0.214. The Morgan fingerprint density at radius 2 is 1.80 bits per heavy atom. The van der Waals surface area contributed by atoms with Gasteiger partial charge in [0.2, 0.25) is 0 Å². The summed E-state index contributed by atoms with van der Waals surface area (Å²) >= 11 is 1.20. The molecule has 1 aromatic carbocycles. The van der Waals surface area contributed by atoms with E-state index >= 15 is 0 Å². The Morgan fingerprint density at radius 1 is 1.20 bits per heavy atom. The molecule has 106 valence electrons. The first-order valence-electron chi connectivity index (χ1n) is 5.69. The first-order valence-corrected chi connectivity index (χ1v) is 6.51.